The predicted octanol–water partition coefficient (Wildman–Crippen LogP) is 0.907. The zero-order valence-electron chi connectivity index (χ0n) is 8.40. The molecule has 0 aliphatic rings. The van der Waals surface area contributed by atoms with Crippen molar-refractivity contribution in [3.05, 3.63) is 23.6 Å². The van der Waals surface area contributed by atoms with Gasteiger partial charge in [-0.15, -0.1) is 5.10 Å². The Kier molecular flexibility index (Phi) is 2.11. The van der Waals surface area contributed by atoms with Crippen molar-refractivity contribution < 1.29 is 4.39 Å². The van der Waals surface area contributed by atoms with Crippen LogP contribution in [0.25, 0.3) is 11.4 Å². The highest BCUT2D eigenvalue weighted by molar-refractivity contribution is 5.59. The smallest absolute Gasteiger partial charge is 0.194 e. The van der Waals surface area contributed by atoms with Gasteiger partial charge in [0.15, 0.2) is 17.3 Å². The summed E-state index contributed by atoms with van der Waals surface area (Å²) in [6.45, 7) is 1.81. The first-order valence-corrected chi connectivity index (χ1v) is 4.38. The van der Waals surface area contributed by atoms with Gasteiger partial charge in [-0.1, -0.05) is 0 Å². The van der Waals surface area contributed by atoms with Gasteiger partial charge in [0.05, 0.1) is 5.69 Å². The van der Waals surface area contributed by atoms with E-state index < -0.39 is 5.82 Å². The number of nitrogens with zero attached hydrogens (tertiary/aromatic N) is 4. The molecule has 6 heteroatoms. The third-order valence-corrected chi connectivity index (χ3v) is 2.07. The summed E-state index contributed by atoms with van der Waals surface area (Å²) in [6.07, 6.45) is 0. The van der Waals surface area contributed by atoms with Crippen molar-refractivity contribution in [2.75, 3.05) is 5.73 Å². The van der Waals surface area contributed by atoms with Crippen LogP contribution in [0.3, 0.4) is 0 Å². The fraction of sp³-hybridized carbons (Fsp3) is 0.222. The highest BCUT2D eigenvalue weighted by Crippen LogP contribution is 2.22. The number of nitrogen functional groups attached to an aromatic ring is 1. The number of hydrogen-bond acceptors (Lipinski definition) is 4. The molecule has 0 aliphatic carbocycles. The van der Waals surface area contributed by atoms with Crippen LogP contribution in [0.4, 0.5) is 10.2 Å². The standard InChI is InChI=1S/C9H10FN5/c1-5-3-4-6(13-12-5)8-7(10)9(11)15(2)14-8/h3-4H,11H2,1-2H3. The molecule has 0 spiro atoms. The van der Waals surface area contributed by atoms with Gasteiger partial charge in [-0.05, 0) is 19.1 Å². The molecule has 15 heavy (non-hydrogen) atoms. The quantitative estimate of drug-likeness (QED) is 0.754. The zero-order chi connectivity index (χ0) is 11.0. The minimum atomic E-state index is -0.560. The summed E-state index contributed by atoms with van der Waals surface area (Å²) in [5.41, 5.74) is 6.72. The Morgan fingerprint density at radius 1 is 1.33 bits per heavy atom. The molecule has 78 valence electrons. The molecular formula is C9H10FN5. The first-order valence-electron chi connectivity index (χ1n) is 4.38. The minimum absolute atomic E-state index is 0.00706. The van der Waals surface area contributed by atoms with Crippen LogP contribution in [-0.4, -0.2) is 20.0 Å². The third-order valence-electron chi connectivity index (χ3n) is 2.07. The van der Waals surface area contributed by atoms with E-state index in [9.17, 15) is 4.39 Å². The van der Waals surface area contributed by atoms with Gasteiger partial charge in [0, 0.05) is 7.05 Å². The largest absolute Gasteiger partial charge is 0.381 e. The Bertz CT molecular complexity index is 488. The van der Waals surface area contributed by atoms with E-state index in [1.807, 2.05) is 0 Å². The van der Waals surface area contributed by atoms with Gasteiger partial charge in [0.2, 0.25) is 0 Å². The van der Waals surface area contributed by atoms with E-state index in [-0.39, 0.29) is 11.5 Å². The van der Waals surface area contributed by atoms with Crippen LogP contribution in [-0.2, 0) is 7.05 Å². The molecule has 0 radical (unpaired) electrons. The molecule has 0 unspecified atom stereocenters. The van der Waals surface area contributed by atoms with Crippen molar-refractivity contribution in [3.8, 4) is 11.4 Å². The van der Waals surface area contributed by atoms with Crippen molar-refractivity contribution in [2.45, 2.75) is 6.92 Å². The fourth-order valence-electron chi connectivity index (χ4n) is 1.20. The van der Waals surface area contributed by atoms with E-state index in [2.05, 4.69) is 15.3 Å². The van der Waals surface area contributed by atoms with E-state index in [0.29, 0.717) is 5.69 Å². The van der Waals surface area contributed by atoms with E-state index in [0.717, 1.165) is 5.69 Å². The van der Waals surface area contributed by atoms with E-state index in [1.165, 1.54) is 4.68 Å². The van der Waals surface area contributed by atoms with Crippen molar-refractivity contribution >= 4 is 5.82 Å². The molecule has 0 aromatic carbocycles. The molecule has 5 nitrogen and oxygen atoms in total. The Morgan fingerprint density at radius 3 is 2.53 bits per heavy atom. The maximum absolute atomic E-state index is 13.5. The lowest BCUT2D eigenvalue weighted by Gasteiger charge is -1.94. The highest BCUT2D eigenvalue weighted by Gasteiger charge is 2.16. The maximum Gasteiger partial charge on any atom is 0.194 e. The molecule has 0 saturated heterocycles. The zero-order valence-corrected chi connectivity index (χ0v) is 8.40. The van der Waals surface area contributed by atoms with E-state index in [1.54, 1.807) is 26.1 Å². The van der Waals surface area contributed by atoms with Crippen LogP contribution in [0.1, 0.15) is 5.69 Å². The van der Waals surface area contributed by atoms with Crippen LogP contribution in [0.2, 0.25) is 0 Å². The normalized spacial score (nSPS) is 10.6. The average Bonchev–Trinajstić information content (AvgIpc) is 2.47. The molecule has 0 aliphatic heterocycles. The molecule has 0 amide bonds. The number of nitrogens with two attached hydrogens (primary N) is 1. The second-order valence-corrected chi connectivity index (χ2v) is 3.23. The van der Waals surface area contributed by atoms with Crippen molar-refractivity contribution in [1.82, 2.24) is 20.0 Å². The lowest BCUT2D eigenvalue weighted by Crippen LogP contribution is -1.97. The molecule has 2 N–H and O–H groups in total. The Labute approximate surface area is 85.7 Å². The lowest BCUT2D eigenvalue weighted by atomic mass is 10.2. The number of hydrogen-bond donors (Lipinski definition) is 1. The fourth-order valence-corrected chi connectivity index (χ4v) is 1.20. The van der Waals surface area contributed by atoms with Gasteiger partial charge in [-0.3, -0.25) is 0 Å². The Morgan fingerprint density at radius 2 is 2.07 bits per heavy atom. The van der Waals surface area contributed by atoms with Crippen molar-refractivity contribution in [3.63, 3.8) is 0 Å². The first-order chi connectivity index (χ1) is 7.09. The van der Waals surface area contributed by atoms with Gasteiger partial charge in [0.1, 0.15) is 5.69 Å². The van der Waals surface area contributed by atoms with Crippen LogP contribution in [0.15, 0.2) is 12.1 Å². The summed E-state index contributed by atoms with van der Waals surface area (Å²) in [5.74, 6) is -0.567. The van der Waals surface area contributed by atoms with Gasteiger partial charge in [0.25, 0.3) is 0 Å². The minimum Gasteiger partial charge on any atom is -0.381 e. The molecule has 0 fully saturated rings. The predicted molar refractivity (Wildman–Crippen MR) is 53.3 cm³/mol. The highest BCUT2D eigenvalue weighted by atomic mass is 19.1. The van der Waals surface area contributed by atoms with Crippen LogP contribution in [0.5, 0.6) is 0 Å². The topological polar surface area (TPSA) is 69.6 Å². The Hall–Kier alpha value is -1.98. The summed E-state index contributed by atoms with van der Waals surface area (Å²) in [4.78, 5) is 0. The van der Waals surface area contributed by atoms with Crippen LogP contribution >= 0.6 is 0 Å². The van der Waals surface area contributed by atoms with Gasteiger partial charge < -0.3 is 5.73 Å². The third kappa shape index (κ3) is 1.54. The maximum atomic E-state index is 13.5. The second kappa shape index (κ2) is 3.30. The molecule has 0 saturated carbocycles. The second-order valence-electron chi connectivity index (χ2n) is 3.23. The number of aryl methyl sites for hydroxylation is 2. The summed E-state index contributed by atoms with van der Waals surface area (Å²) in [6, 6.07) is 3.40. The van der Waals surface area contributed by atoms with Gasteiger partial charge in [-0.25, -0.2) is 9.07 Å². The monoisotopic (exact) mass is 207 g/mol. The van der Waals surface area contributed by atoms with Crippen LogP contribution < -0.4 is 5.73 Å². The molecular weight excluding hydrogens is 197 g/mol. The first kappa shape index (κ1) is 9.57. The molecule has 2 aromatic rings. The lowest BCUT2D eigenvalue weighted by molar-refractivity contribution is 0.633. The van der Waals surface area contributed by atoms with E-state index in [4.69, 9.17) is 5.73 Å². The number of anilines is 1. The van der Waals surface area contributed by atoms with Crippen molar-refractivity contribution in [2.24, 2.45) is 7.05 Å². The van der Waals surface area contributed by atoms with Crippen LogP contribution in [0, 0.1) is 12.7 Å². The molecule has 0 bridgehead atoms. The SMILES string of the molecule is Cc1ccc(-c2nn(C)c(N)c2F)nn1. The summed E-state index contributed by atoms with van der Waals surface area (Å²) < 4.78 is 14.8. The number of rotatable bonds is 1. The molecule has 2 aromatic heterocycles. The van der Waals surface area contributed by atoms with Gasteiger partial charge >= 0.3 is 0 Å². The van der Waals surface area contributed by atoms with E-state index >= 15 is 0 Å². The molecule has 2 heterocycles. The number of aromatic nitrogens is 4. The summed E-state index contributed by atoms with van der Waals surface area (Å²) in [7, 11) is 1.57. The Balaban J connectivity index is 2.54. The average molecular weight is 207 g/mol. The summed E-state index contributed by atoms with van der Waals surface area (Å²) >= 11 is 0. The number of halogens is 1. The van der Waals surface area contributed by atoms with Crippen molar-refractivity contribution in [1.29, 1.82) is 0 Å². The summed E-state index contributed by atoms with van der Waals surface area (Å²) in [5, 5.41) is 11.6. The molecule has 2 rings (SSSR count). The molecule has 0 atom stereocenters. The van der Waals surface area contributed by atoms with Gasteiger partial charge in [-0.2, -0.15) is 10.2 Å².